The Morgan fingerprint density at radius 2 is 2.00 bits per heavy atom. The highest BCUT2D eigenvalue weighted by molar-refractivity contribution is 7.89. The topological polar surface area (TPSA) is 37.4 Å². The van der Waals surface area contributed by atoms with Gasteiger partial charge in [-0.15, -0.1) is 11.6 Å². The SMILES string of the molecule is CCC(C)N(CC)S(=O)(=O)c1cc(CCl)ccc1F. The van der Waals surface area contributed by atoms with Crippen LogP contribution in [-0.2, 0) is 15.9 Å². The fraction of sp³-hybridized carbons (Fsp3) is 0.538. The second-order valence-corrected chi connectivity index (χ2v) is 6.49. The van der Waals surface area contributed by atoms with Crippen molar-refractivity contribution in [3.05, 3.63) is 29.6 Å². The lowest BCUT2D eigenvalue weighted by Crippen LogP contribution is -2.38. The average molecular weight is 308 g/mol. The zero-order valence-corrected chi connectivity index (χ0v) is 12.9. The molecule has 0 heterocycles. The highest BCUT2D eigenvalue weighted by atomic mass is 35.5. The summed E-state index contributed by atoms with van der Waals surface area (Å²) in [6.07, 6.45) is 0.671. The summed E-state index contributed by atoms with van der Waals surface area (Å²) in [5.41, 5.74) is 0.585. The Morgan fingerprint density at radius 3 is 2.47 bits per heavy atom. The highest BCUT2D eigenvalue weighted by Gasteiger charge is 2.29. The van der Waals surface area contributed by atoms with Gasteiger partial charge in [-0.1, -0.05) is 19.9 Å². The van der Waals surface area contributed by atoms with Gasteiger partial charge in [0, 0.05) is 18.5 Å². The Morgan fingerprint density at radius 1 is 1.37 bits per heavy atom. The van der Waals surface area contributed by atoms with Crippen LogP contribution in [0.2, 0.25) is 0 Å². The van der Waals surface area contributed by atoms with E-state index in [0.29, 0.717) is 18.5 Å². The van der Waals surface area contributed by atoms with Gasteiger partial charge in [-0.3, -0.25) is 0 Å². The van der Waals surface area contributed by atoms with Crippen molar-refractivity contribution >= 4 is 21.6 Å². The van der Waals surface area contributed by atoms with Crippen molar-refractivity contribution in [1.82, 2.24) is 4.31 Å². The normalized spacial score (nSPS) is 13.8. The lowest BCUT2D eigenvalue weighted by atomic mass is 10.2. The maximum Gasteiger partial charge on any atom is 0.246 e. The smallest absolute Gasteiger partial charge is 0.207 e. The number of hydrogen-bond acceptors (Lipinski definition) is 2. The van der Waals surface area contributed by atoms with E-state index in [4.69, 9.17) is 11.6 Å². The molecule has 0 N–H and O–H groups in total. The third-order valence-electron chi connectivity index (χ3n) is 3.13. The van der Waals surface area contributed by atoms with Gasteiger partial charge in [0.1, 0.15) is 10.7 Å². The predicted molar refractivity (Wildman–Crippen MR) is 75.3 cm³/mol. The first kappa shape index (κ1) is 16.4. The van der Waals surface area contributed by atoms with E-state index in [0.717, 1.165) is 6.07 Å². The summed E-state index contributed by atoms with van der Waals surface area (Å²) < 4.78 is 40.1. The first-order chi connectivity index (χ1) is 8.88. The zero-order valence-electron chi connectivity index (χ0n) is 11.4. The van der Waals surface area contributed by atoms with Gasteiger partial charge in [0.15, 0.2) is 0 Å². The molecule has 0 fully saturated rings. The van der Waals surface area contributed by atoms with Gasteiger partial charge in [0.05, 0.1) is 0 Å². The molecule has 3 nitrogen and oxygen atoms in total. The van der Waals surface area contributed by atoms with E-state index in [1.165, 1.54) is 16.4 Å². The molecule has 0 aliphatic heterocycles. The maximum absolute atomic E-state index is 13.8. The summed E-state index contributed by atoms with van der Waals surface area (Å²) in [6.45, 7) is 5.76. The largest absolute Gasteiger partial charge is 0.246 e. The Bertz CT molecular complexity index is 533. The summed E-state index contributed by atoms with van der Waals surface area (Å²) in [7, 11) is -3.83. The van der Waals surface area contributed by atoms with Gasteiger partial charge in [-0.2, -0.15) is 4.31 Å². The van der Waals surface area contributed by atoms with Crippen molar-refractivity contribution < 1.29 is 12.8 Å². The molecule has 1 unspecified atom stereocenters. The van der Waals surface area contributed by atoms with Crippen LogP contribution >= 0.6 is 11.6 Å². The van der Waals surface area contributed by atoms with Gasteiger partial charge in [0.2, 0.25) is 10.0 Å². The Kier molecular flexibility index (Phi) is 5.77. The molecule has 0 aromatic heterocycles. The fourth-order valence-corrected chi connectivity index (χ4v) is 3.87. The number of nitrogens with zero attached hydrogens (tertiary/aromatic N) is 1. The van der Waals surface area contributed by atoms with Crippen LogP contribution in [0.25, 0.3) is 0 Å². The third-order valence-corrected chi connectivity index (χ3v) is 5.54. The number of sulfonamides is 1. The number of hydrogen-bond donors (Lipinski definition) is 0. The zero-order chi connectivity index (χ0) is 14.6. The van der Waals surface area contributed by atoms with Crippen LogP contribution < -0.4 is 0 Å². The molecule has 108 valence electrons. The minimum atomic E-state index is -3.83. The van der Waals surface area contributed by atoms with Crippen molar-refractivity contribution in [2.75, 3.05) is 6.54 Å². The molecular formula is C13H19ClFNO2S. The van der Waals surface area contributed by atoms with Crippen LogP contribution in [0.1, 0.15) is 32.8 Å². The molecule has 0 saturated carbocycles. The fourth-order valence-electron chi connectivity index (χ4n) is 1.88. The van der Waals surface area contributed by atoms with Crippen LogP contribution in [0, 0.1) is 5.82 Å². The number of benzene rings is 1. The molecule has 19 heavy (non-hydrogen) atoms. The molecule has 1 aromatic carbocycles. The summed E-state index contributed by atoms with van der Waals surface area (Å²) in [5, 5.41) is 0. The van der Waals surface area contributed by atoms with E-state index >= 15 is 0 Å². The van der Waals surface area contributed by atoms with Crippen LogP contribution in [0.5, 0.6) is 0 Å². The van der Waals surface area contributed by atoms with E-state index in [1.54, 1.807) is 6.92 Å². The molecule has 0 bridgehead atoms. The summed E-state index contributed by atoms with van der Waals surface area (Å²) >= 11 is 5.67. The molecule has 0 amide bonds. The first-order valence-corrected chi connectivity index (χ1v) is 8.22. The molecular weight excluding hydrogens is 289 g/mol. The standard InChI is InChI=1S/C13H19ClFNO2S/c1-4-10(3)16(5-2)19(17,18)13-8-11(9-14)6-7-12(13)15/h6-8,10H,4-5,9H2,1-3H3. The van der Waals surface area contributed by atoms with Crippen molar-refractivity contribution in [3.8, 4) is 0 Å². The molecule has 1 rings (SSSR count). The summed E-state index contributed by atoms with van der Waals surface area (Å²) in [4.78, 5) is -0.298. The Hall–Kier alpha value is -0.650. The lowest BCUT2D eigenvalue weighted by molar-refractivity contribution is 0.341. The van der Waals surface area contributed by atoms with E-state index in [9.17, 15) is 12.8 Å². The molecule has 0 spiro atoms. The third kappa shape index (κ3) is 3.46. The summed E-state index contributed by atoms with van der Waals surface area (Å²) in [6, 6.07) is 3.77. The van der Waals surface area contributed by atoms with Crippen LogP contribution in [0.15, 0.2) is 23.1 Å². The first-order valence-electron chi connectivity index (χ1n) is 6.24. The maximum atomic E-state index is 13.8. The number of halogens is 2. The monoisotopic (exact) mass is 307 g/mol. The van der Waals surface area contributed by atoms with Gasteiger partial charge < -0.3 is 0 Å². The van der Waals surface area contributed by atoms with Crippen molar-refractivity contribution in [1.29, 1.82) is 0 Å². The molecule has 0 aliphatic rings. The van der Waals surface area contributed by atoms with Crippen molar-refractivity contribution in [2.45, 2.75) is 44.0 Å². The van der Waals surface area contributed by atoms with Crippen LogP contribution in [0.3, 0.4) is 0 Å². The molecule has 1 atom stereocenters. The van der Waals surface area contributed by atoms with E-state index in [1.807, 2.05) is 13.8 Å². The van der Waals surface area contributed by atoms with Crippen LogP contribution in [0.4, 0.5) is 4.39 Å². The number of rotatable bonds is 6. The van der Waals surface area contributed by atoms with E-state index < -0.39 is 15.8 Å². The molecule has 1 aromatic rings. The second kappa shape index (κ2) is 6.68. The quantitative estimate of drug-likeness (QED) is 0.756. The van der Waals surface area contributed by atoms with E-state index in [-0.39, 0.29) is 16.8 Å². The average Bonchev–Trinajstić information content (AvgIpc) is 2.39. The molecule has 0 saturated heterocycles. The van der Waals surface area contributed by atoms with Crippen molar-refractivity contribution in [3.63, 3.8) is 0 Å². The Balaban J connectivity index is 3.33. The van der Waals surface area contributed by atoms with Gasteiger partial charge in [-0.05, 0) is 31.0 Å². The predicted octanol–water partition coefficient (Wildman–Crippen LogP) is 3.37. The minimum Gasteiger partial charge on any atom is -0.207 e. The van der Waals surface area contributed by atoms with Gasteiger partial charge >= 0.3 is 0 Å². The number of alkyl halides is 1. The lowest BCUT2D eigenvalue weighted by Gasteiger charge is -2.26. The highest BCUT2D eigenvalue weighted by Crippen LogP contribution is 2.23. The minimum absolute atomic E-state index is 0.151. The molecule has 0 aliphatic carbocycles. The summed E-state index contributed by atoms with van der Waals surface area (Å²) in [5.74, 6) is -0.589. The van der Waals surface area contributed by atoms with Crippen molar-refractivity contribution in [2.24, 2.45) is 0 Å². The Labute approximate surface area is 119 Å². The van der Waals surface area contributed by atoms with E-state index in [2.05, 4.69) is 0 Å². The van der Waals surface area contributed by atoms with Gasteiger partial charge in [-0.25, -0.2) is 12.8 Å². The van der Waals surface area contributed by atoms with Crippen LogP contribution in [-0.4, -0.2) is 25.3 Å². The second-order valence-electron chi connectivity index (χ2n) is 4.36. The van der Waals surface area contributed by atoms with Gasteiger partial charge in [0.25, 0.3) is 0 Å². The molecule has 0 radical (unpaired) electrons. The molecule has 6 heteroatoms.